The standard InChI is InChI=1S/C25H26N4O2S/c1-16-23-21(17-7-10-26-11-8-17)22(19-5-6-20-18(15-19)9-14-32-20)27-29(23)13-12-28(16)24(30)31-25(2,3)4/h5-11,14-16H,12-13H2,1-4H3/t16-/m1/s1. The Labute approximate surface area is 191 Å². The minimum absolute atomic E-state index is 0.173. The maximum absolute atomic E-state index is 12.9. The number of benzene rings is 1. The van der Waals surface area contributed by atoms with Crippen molar-refractivity contribution in [2.75, 3.05) is 6.54 Å². The second kappa shape index (κ2) is 7.74. The van der Waals surface area contributed by atoms with Crippen molar-refractivity contribution < 1.29 is 9.53 Å². The lowest BCUT2D eigenvalue weighted by Gasteiger charge is -2.35. The van der Waals surface area contributed by atoms with Crippen molar-refractivity contribution in [1.29, 1.82) is 0 Å². The third kappa shape index (κ3) is 3.66. The summed E-state index contributed by atoms with van der Waals surface area (Å²) in [5.74, 6) is 0. The van der Waals surface area contributed by atoms with Crippen LogP contribution in [-0.4, -0.2) is 37.9 Å². The van der Waals surface area contributed by atoms with Gasteiger partial charge in [-0.1, -0.05) is 6.07 Å². The molecule has 7 heteroatoms. The highest BCUT2D eigenvalue weighted by atomic mass is 32.1. The lowest BCUT2D eigenvalue weighted by Crippen LogP contribution is -2.43. The Balaban J connectivity index is 1.65. The Bertz CT molecular complexity index is 1290. The van der Waals surface area contributed by atoms with Crippen LogP contribution in [0.2, 0.25) is 0 Å². The molecular weight excluding hydrogens is 420 g/mol. The second-order valence-electron chi connectivity index (χ2n) is 9.09. The highest BCUT2D eigenvalue weighted by molar-refractivity contribution is 7.17. The molecule has 164 valence electrons. The van der Waals surface area contributed by atoms with Gasteiger partial charge in [-0.2, -0.15) is 5.10 Å². The Morgan fingerprint density at radius 3 is 2.62 bits per heavy atom. The van der Waals surface area contributed by atoms with E-state index in [2.05, 4.69) is 39.3 Å². The van der Waals surface area contributed by atoms with Crippen LogP contribution in [0.4, 0.5) is 4.79 Å². The zero-order valence-electron chi connectivity index (χ0n) is 18.7. The van der Waals surface area contributed by atoms with Gasteiger partial charge in [0.05, 0.1) is 18.3 Å². The van der Waals surface area contributed by atoms with Crippen LogP contribution in [0.5, 0.6) is 0 Å². The van der Waals surface area contributed by atoms with Gasteiger partial charge in [0, 0.05) is 34.8 Å². The van der Waals surface area contributed by atoms with Gasteiger partial charge in [-0.3, -0.25) is 14.6 Å². The number of aromatic nitrogens is 3. The molecule has 1 aliphatic heterocycles. The van der Waals surface area contributed by atoms with Crippen molar-refractivity contribution in [3.05, 3.63) is 59.9 Å². The number of pyridine rings is 1. The molecule has 0 N–H and O–H groups in total. The molecule has 0 aliphatic carbocycles. The van der Waals surface area contributed by atoms with Gasteiger partial charge in [0.25, 0.3) is 0 Å². The molecule has 0 unspecified atom stereocenters. The van der Waals surface area contributed by atoms with Crippen molar-refractivity contribution in [2.24, 2.45) is 0 Å². The first-order valence-corrected chi connectivity index (χ1v) is 11.7. The van der Waals surface area contributed by atoms with Crippen LogP contribution in [0.1, 0.15) is 39.4 Å². The van der Waals surface area contributed by atoms with Crippen molar-refractivity contribution in [1.82, 2.24) is 19.7 Å². The number of thiophene rings is 1. The molecule has 4 aromatic rings. The number of carbonyl (C=O) groups excluding carboxylic acids is 1. The van der Waals surface area contributed by atoms with E-state index in [0.29, 0.717) is 13.1 Å². The van der Waals surface area contributed by atoms with Crippen LogP contribution in [-0.2, 0) is 11.3 Å². The molecular formula is C25H26N4O2S. The van der Waals surface area contributed by atoms with E-state index in [0.717, 1.165) is 28.1 Å². The number of amides is 1. The van der Waals surface area contributed by atoms with Gasteiger partial charge in [-0.25, -0.2) is 4.79 Å². The highest BCUT2D eigenvalue weighted by Crippen LogP contribution is 2.41. The molecule has 0 saturated heterocycles. The molecule has 0 saturated carbocycles. The molecule has 0 radical (unpaired) electrons. The quantitative estimate of drug-likeness (QED) is 0.371. The highest BCUT2D eigenvalue weighted by Gasteiger charge is 2.35. The van der Waals surface area contributed by atoms with Crippen molar-refractivity contribution in [2.45, 2.75) is 45.9 Å². The number of ether oxygens (including phenoxy) is 1. The predicted molar refractivity (Wildman–Crippen MR) is 128 cm³/mol. The van der Waals surface area contributed by atoms with E-state index in [9.17, 15) is 4.79 Å². The summed E-state index contributed by atoms with van der Waals surface area (Å²) in [4.78, 5) is 18.9. The van der Waals surface area contributed by atoms with Crippen LogP contribution in [0.15, 0.2) is 54.2 Å². The zero-order valence-corrected chi connectivity index (χ0v) is 19.5. The van der Waals surface area contributed by atoms with Gasteiger partial charge in [-0.15, -0.1) is 11.3 Å². The largest absolute Gasteiger partial charge is 0.444 e. The summed E-state index contributed by atoms with van der Waals surface area (Å²) in [6.45, 7) is 8.91. The van der Waals surface area contributed by atoms with E-state index in [1.165, 1.54) is 10.1 Å². The Morgan fingerprint density at radius 2 is 1.88 bits per heavy atom. The van der Waals surface area contributed by atoms with E-state index in [-0.39, 0.29) is 12.1 Å². The maximum Gasteiger partial charge on any atom is 0.410 e. The summed E-state index contributed by atoms with van der Waals surface area (Å²) in [6, 6.07) is 12.5. The average Bonchev–Trinajstić information content (AvgIpc) is 3.37. The lowest BCUT2D eigenvalue weighted by molar-refractivity contribution is 0.0121. The van der Waals surface area contributed by atoms with Gasteiger partial charge < -0.3 is 4.74 Å². The SMILES string of the molecule is C[C@@H]1c2c(-c3ccncc3)c(-c3ccc4sccc4c3)nn2CCN1C(=O)OC(C)(C)C. The predicted octanol–water partition coefficient (Wildman–Crippen LogP) is 6.14. The Kier molecular flexibility index (Phi) is 5.01. The van der Waals surface area contributed by atoms with Crippen LogP contribution in [0.25, 0.3) is 32.5 Å². The monoisotopic (exact) mass is 446 g/mol. The summed E-state index contributed by atoms with van der Waals surface area (Å²) < 4.78 is 8.99. The van der Waals surface area contributed by atoms with Crippen LogP contribution in [0, 0.1) is 0 Å². The van der Waals surface area contributed by atoms with Crippen LogP contribution in [0.3, 0.4) is 0 Å². The smallest absolute Gasteiger partial charge is 0.410 e. The fraction of sp³-hybridized carbons (Fsp3) is 0.320. The number of hydrogen-bond acceptors (Lipinski definition) is 5. The molecule has 3 aromatic heterocycles. The zero-order chi connectivity index (χ0) is 22.5. The Hall–Kier alpha value is -3.19. The van der Waals surface area contributed by atoms with Gasteiger partial charge in [0.15, 0.2) is 0 Å². The van der Waals surface area contributed by atoms with Crippen molar-refractivity contribution >= 4 is 27.5 Å². The van der Waals surface area contributed by atoms with Crippen LogP contribution < -0.4 is 0 Å². The van der Waals surface area contributed by atoms with E-state index < -0.39 is 5.60 Å². The molecule has 6 nitrogen and oxygen atoms in total. The molecule has 1 aliphatic rings. The second-order valence-corrected chi connectivity index (χ2v) is 10.0. The van der Waals surface area contributed by atoms with Crippen molar-refractivity contribution in [3.63, 3.8) is 0 Å². The first-order chi connectivity index (χ1) is 15.3. The van der Waals surface area contributed by atoms with Crippen LogP contribution >= 0.6 is 11.3 Å². The van der Waals surface area contributed by atoms with Gasteiger partial charge >= 0.3 is 6.09 Å². The van der Waals surface area contributed by atoms with E-state index >= 15 is 0 Å². The normalized spacial score (nSPS) is 16.2. The van der Waals surface area contributed by atoms with Gasteiger partial charge in [0.1, 0.15) is 11.3 Å². The summed E-state index contributed by atoms with van der Waals surface area (Å²) >= 11 is 1.74. The van der Waals surface area contributed by atoms with Gasteiger partial charge in [0.2, 0.25) is 0 Å². The summed E-state index contributed by atoms with van der Waals surface area (Å²) in [5, 5.41) is 8.35. The maximum atomic E-state index is 12.9. The van der Waals surface area contributed by atoms with Crippen molar-refractivity contribution in [3.8, 4) is 22.4 Å². The first kappa shape index (κ1) is 20.7. The molecule has 5 rings (SSSR count). The minimum atomic E-state index is -0.538. The fourth-order valence-corrected chi connectivity index (χ4v) is 5.07. The molecule has 1 aromatic carbocycles. The lowest BCUT2D eigenvalue weighted by atomic mass is 9.95. The summed E-state index contributed by atoms with van der Waals surface area (Å²) in [7, 11) is 0. The number of hydrogen-bond donors (Lipinski definition) is 0. The minimum Gasteiger partial charge on any atom is -0.444 e. The molecule has 0 fully saturated rings. The molecule has 0 bridgehead atoms. The Morgan fingerprint density at radius 1 is 1.09 bits per heavy atom. The topological polar surface area (TPSA) is 60.2 Å². The molecule has 4 heterocycles. The fourth-order valence-electron chi connectivity index (χ4n) is 4.30. The van der Waals surface area contributed by atoms with E-state index in [1.54, 1.807) is 28.6 Å². The summed E-state index contributed by atoms with van der Waals surface area (Å²) in [6.07, 6.45) is 3.30. The summed E-state index contributed by atoms with van der Waals surface area (Å²) in [5.41, 5.74) is 4.57. The van der Waals surface area contributed by atoms with Gasteiger partial charge in [-0.05, 0) is 74.4 Å². The van der Waals surface area contributed by atoms with E-state index in [1.807, 2.05) is 39.8 Å². The first-order valence-electron chi connectivity index (χ1n) is 10.8. The molecule has 1 amide bonds. The number of carbonyl (C=O) groups is 1. The number of rotatable bonds is 2. The third-order valence-corrected chi connectivity index (χ3v) is 6.63. The molecule has 0 spiro atoms. The van der Waals surface area contributed by atoms with E-state index in [4.69, 9.17) is 9.84 Å². The number of nitrogens with zero attached hydrogens (tertiary/aromatic N) is 4. The average molecular weight is 447 g/mol. The molecule has 32 heavy (non-hydrogen) atoms. The molecule has 1 atom stereocenters. The number of fused-ring (bicyclic) bond motifs is 2. The third-order valence-electron chi connectivity index (χ3n) is 5.73.